The van der Waals surface area contributed by atoms with Crippen LogP contribution in [0.15, 0.2) is 32.5 Å². The van der Waals surface area contributed by atoms with Crippen LogP contribution in [0.25, 0.3) is 0 Å². The number of benzene rings is 1. The Morgan fingerprint density at radius 3 is 2.47 bits per heavy atom. The van der Waals surface area contributed by atoms with E-state index >= 15 is 0 Å². The molecule has 0 aliphatic carbocycles. The highest BCUT2D eigenvalue weighted by molar-refractivity contribution is 9.10. The molecule has 1 saturated heterocycles. The quantitative estimate of drug-likeness (QED) is 0.798. The largest absolute Gasteiger partial charge is 0.284 e. The van der Waals surface area contributed by atoms with Gasteiger partial charge in [-0.25, -0.2) is 16.8 Å². The number of rotatable bonds is 3. The summed E-state index contributed by atoms with van der Waals surface area (Å²) in [4.78, 5) is 4.87. The van der Waals surface area contributed by atoms with Crippen LogP contribution in [0.2, 0.25) is 0 Å². The molecule has 1 aliphatic heterocycles. The first-order chi connectivity index (χ1) is 8.73. The Morgan fingerprint density at radius 2 is 1.95 bits per heavy atom. The van der Waals surface area contributed by atoms with Crippen LogP contribution in [-0.2, 0) is 24.7 Å². The molecule has 0 radical (unpaired) electrons. The van der Waals surface area contributed by atoms with E-state index in [1.54, 1.807) is 0 Å². The highest BCUT2D eigenvalue weighted by Gasteiger charge is 2.31. The molecule has 0 N–H and O–H groups in total. The molecule has 0 amide bonds. The van der Waals surface area contributed by atoms with Gasteiger partial charge in [0.05, 0.1) is 16.4 Å². The summed E-state index contributed by atoms with van der Waals surface area (Å²) in [5.41, 5.74) is 0. The lowest BCUT2D eigenvalue weighted by Gasteiger charge is -2.15. The molecule has 0 saturated carbocycles. The Kier molecular flexibility index (Phi) is 4.03. The predicted octanol–water partition coefficient (Wildman–Crippen LogP) is 1.18. The van der Waals surface area contributed by atoms with Crippen molar-refractivity contribution in [2.45, 2.75) is 16.2 Å². The molecule has 0 atom stereocenters. The molecule has 0 aromatic heterocycles. The Labute approximate surface area is 120 Å². The van der Waals surface area contributed by atoms with Gasteiger partial charge in [0.15, 0.2) is 9.84 Å². The topological polar surface area (TPSA) is 80.8 Å². The van der Waals surface area contributed by atoms with E-state index in [9.17, 15) is 16.8 Å². The predicted molar refractivity (Wildman–Crippen MR) is 71.7 cm³/mol. The molecule has 1 aliphatic rings. The second kappa shape index (κ2) is 5.13. The van der Waals surface area contributed by atoms with Crippen molar-refractivity contribution in [2.24, 2.45) is 0 Å². The molecule has 0 spiro atoms. The van der Waals surface area contributed by atoms with Crippen molar-refractivity contribution < 1.29 is 21.7 Å². The van der Waals surface area contributed by atoms with Gasteiger partial charge in [0, 0.05) is 17.3 Å². The van der Waals surface area contributed by atoms with E-state index in [0.717, 1.165) is 16.8 Å². The minimum Gasteiger partial charge on any atom is -0.284 e. The summed E-state index contributed by atoms with van der Waals surface area (Å²) in [6.45, 7) is 0.598. The van der Waals surface area contributed by atoms with Gasteiger partial charge >= 0.3 is 0 Å². The number of halogens is 1. The first-order valence-electron chi connectivity index (χ1n) is 5.38. The fourth-order valence-electron chi connectivity index (χ4n) is 1.64. The molecule has 0 bridgehead atoms. The van der Waals surface area contributed by atoms with E-state index < -0.39 is 19.9 Å². The Balaban J connectivity index is 2.55. The summed E-state index contributed by atoms with van der Waals surface area (Å²) in [6, 6.07) is 3.89. The number of sulfone groups is 1. The molecule has 106 valence electrons. The van der Waals surface area contributed by atoms with Crippen molar-refractivity contribution in [3.63, 3.8) is 0 Å². The smallest absolute Gasteiger partial charge is 0.266 e. The van der Waals surface area contributed by atoms with Crippen LogP contribution in [0.1, 0.15) is 6.42 Å². The van der Waals surface area contributed by atoms with Crippen LogP contribution in [0, 0.1) is 0 Å². The van der Waals surface area contributed by atoms with Gasteiger partial charge in [0.1, 0.15) is 0 Å². The standard InChI is InChI=1S/C10H12BrNO5S2/c1-18(13,14)8-3-4-9(11)10(7-8)19(15,16)12-5-2-6-17-12/h3-4,7H,2,5-6H2,1H3. The van der Waals surface area contributed by atoms with Crippen LogP contribution in [-0.4, -0.2) is 40.7 Å². The van der Waals surface area contributed by atoms with Crippen molar-refractivity contribution in [2.75, 3.05) is 19.4 Å². The lowest BCUT2D eigenvalue weighted by molar-refractivity contribution is -0.0285. The summed E-state index contributed by atoms with van der Waals surface area (Å²) >= 11 is 3.12. The van der Waals surface area contributed by atoms with Crippen molar-refractivity contribution in [1.82, 2.24) is 4.47 Å². The number of sulfonamides is 1. The van der Waals surface area contributed by atoms with E-state index in [-0.39, 0.29) is 16.3 Å². The SMILES string of the molecule is CS(=O)(=O)c1ccc(Br)c(S(=O)(=O)N2CCCO2)c1. The van der Waals surface area contributed by atoms with Crippen molar-refractivity contribution in [3.05, 3.63) is 22.7 Å². The summed E-state index contributed by atoms with van der Waals surface area (Å²) in [5.74, 6) is 0. The van der Waals surface area contributed by atoms with E-state index in [1.807, 2.05) is 0 Å². The molecule has 6 nitrogen and oxygen atoms in total. The van der Waals surface area contributed by atoms with Crippen LogP contribution < -0.4 is 0 Å². The second-order valence-corrected chi connectivity index (χ2v) is 8.75. The van der Waals surface area contributed by atoms with Crippen LogP contribution in [0.4, 0.5) is 0 Å². The minimum absolute atomic E-state index is 0.0477. The van der Waals surface area contributed by atoms with Crippen LogP contribution in [0.5, 0.6) is 0 Å². The zero-order valence-corrected chi connectivity index (χ0v) is 13.3. The van der Waals surface area contributed by atoms with Crippen LogP contribution in [0.3, 0.4) is 0 Å². The molecule has 1 fully saturated rings. The Bertz CT molecular complexity index is 693. The third kappa shape index (κ3) is 3.00. The molecule has 9 heteroatoms. The fourth-order valence-corrected chi connectivity index (χ4v) is 4.61. The minimum atomic E-state index is -3.85. The van der Waals surface area contributed by atoms with E-state index in [1.165, 1.54) is 12.1 Å². The maximum Gasteiger partial charge on any atom is 0.266 e. The lowest BCUT2D eigenvalue weighted by Crippen LogP contribution is -2.27. The van der Waals surface area contributed by atoms with Crippen molar-refractivity contribution in [3.8, 4) is 0 Å². The lowest BCUT2D eigenvalue weighted by atomic mass is 10.4. The Hall–Kier alpha value is -0.480. The number of hydrogen-bond acceptors (Lipinski definition) is 5. The van der Waals surface area contributed by atoms with Gasteiger partial charge < -0.3 is 0 Å². The molecule has 1 heterocycles. The average molecular weight is 370 g/mol. The van der Waals surface area contributed by atoms with E-state index in [0.29, 0.717) is 17.5 Å². The Morgan fingerprint density at radius 1 is 1.26 bits per heavy atom. The molecule has 2 rings (SSSR count). The fraction of sp³-hybridized carbons (Fsp3) is 0.400. The highest BCUT2D eigenvalue weighted by Crippen LogP contribution is 2.29. The average Bonchev–Trinajstić information content (AvgIpc) is 2.81. The summed E-state index contributed by atoms with van der Waals surface area (Å²) in [7, 11) is -7.32. The number of nitrogens with zero attached hydrogens (tertiary/aromatic N) is 1. The maximum atomic E-state index is 12.3. The van der Waals surface area contributed by atoms with Gasteiger partial charge in [0.2, 0.25) is 0 Å². The van der Waals surface area contributed by atoms with Crippen molar-refractivity contribution in [1.29, 1.82) is 0 Å². The monoisotopic (exact) mass is 369 g/mol. The molecule has 0 unspecified atom stereocenters. The van der Waals surface area contributed by atoms with Gasteiger partial charge in [-0.3, -0.25) is 4.84 Å². The summed E-state index contributed by atoms with van der Waals surface area (Å²) in [6.07, 6.45) is 1.64. The number of hydrogen-bond donors (Lipinski definition) is 0. The first kappa shape index (κ1) is 14.9. The van der Waals surface area contributed by atoms with Gasteiger partial charge in [0.25, 0.3) is 10.0 Å². The summed E-state index contributed by atoms with van der Waals surface area (Å²) < 4.78 is 48.8. The third-order valence-electron chi connectivity index (χ3n) is 2.60. The van der Waals surface area contributed by atoms with Crippen LogP contribution >= 0.6 is 15.9 Å². The van der Waals surface area contributed by atoms with Gasteiger partial charge in [-0.1, -0.05) is 4.47 Å². The van der Waals surface area contributed by atoms with E-state index in [2.05, 4.69) is 15.9 Å². The number of hydroxylamine groups is 1. The normalized spacial score (nSPS) is 17.8. The zero-order valence-electron chi connectivity index (χ0n) is 10.0. The highest BCUT2D eigenvalue weighted by atomic mass is 79.9. The third-order valence-corrected chi connectivity index (χ3v) is 6.38. The molecular weight excluding hydrogens is 358 g/mol. The van der Waals surface area contributed by atoms with Gasteiger partial charge in [-0.15, -0.1) is 0 Å². The summed E-state index contributed by atoms with van der Waals surface area (Å²) in [5, 5.41) is 0. The molecule has 19 heavy (non-hydrogen) atoms. The molecule has 1 aromatic rings. The maximum absolute atomic E-state index is 12.3. The van der Waals surface area contributed by atoms with Gasteiger partial charge in [-0.2, -0.15) is 0 Å². The molecular formula is C10H12BrNO5S2. The second-order valence-electron chi connectivity index (χ2n) is 4.08. The zero-order chi connectivity index (χ0) is 14.3. The molecule has 1 aromatic carbocycles. The van der Waals surface area contributed by atoms with Crippen molar-refractivity contribution >= 4 is 35.8 Å². The van der Waals surface area contributed by atoms with Gasteiger partial charge in [-0.05, 0) is 40.5 Å². The first-order valence-corrected chi connectivity index (χ1v) is 9.50. The van der Waals surface area contributed by atoms with E-state index in [4.69, 9.17) is 4.84 Å².